The van der Waals surface area contributed by atoms with E-state index in [1.807, 2.05) is 91.0 Å². The lowest BCUT2D eigenvalue weighted by atomic mass is 10.2. The molecule has 3 aromatic rings. The average molecular weight is 339 g/mol. The zero-order valence-corrected chi connectivity index (χ0v) is 14.3. The van der Waals surface area contributed by atoms with Crippen LogP contribution < -0.4 is 10.6 Å². The van der Waals surface area contributed by atoms with E-state index in [-0.39, 0.29) is 0 Å². The second-order valence-electron chi connectivity index (χ2n) is 5.07. The van der Waals surface area contributed by atoms with Crippen molar-refractivity contribution in [2.75, 3.05) is 0 Å². The summed E-state index contributed by atoms with van der Waals surface area (Å²) in [5.74, 6) is -0.960. The van der Waals surface area contributed by atoms with E-state index in [9.17, 15) is 9.67 Å². The van der Waals surface area contributed by atoms with Crippen LogP contribution in [-0.2, 0) is 4.57 Å². The molecule has 0 heterocycles. The number of rotatable bonds is 5. The van der Waals surface area contributed by atoms with Crippen LogP contribution in [0.4, 0.5) is 0 Å². The van der Waals surface area contributed by atoms with Crippen molar-refractivity contribution in [3.63, 3.8) is 0 Å². The van der Waals surface area contributed by atoms with Crippen LogP contribution in [0.25, 0.3) is 0 Å². The highest BCUT2D eigenvalue weighted by Gasteiger charge is 2.28. The predicted molar refractivity (Wildman–Crippen MR) is 98.1 cm³/mol. The van der Waals surface area contributed by atoms with Crippen molar-refractivity contribution in [2.45, 2.75) is 5.85 Å². The summed E-state index contributed by atoms with van der Waals surface area (Å²) in [6, 6.07) is 28.9. The number of aliphatic hydroxyl groups excluding tert-OH is 1. The summed E-state index contributed by atoms with van der Waals surface area (Å²) >= 11 is 0. The summed E-state index contributed by atoms with van der Waals surface area (Å²) < 4.78 is 13.2. The first kappa shape index (κ1) is 16.0. The van der Waals surface area contributed by atoms with Gasteiger partial charge < -0.3 is 5.11 Å². The van der Waals surface area contributed by atoms with E-state index in [1.165, 1.54) is 0 Å². The van der Waals surface area contributed by atoms with Crippen molar-refractivity contribution in [1.82, 2.24) is 0 Å². The molecule has 2 atom stereocenters. The molecule has 2 unspecified atom stereocenters. The molecular formula is C19H17O2P2. The minimum atomic E-state index is -1.86. The maximum atomic E-state index is 13.2. The summed E-state index contributed by atoms with van der Waals surface area (Å²) in [6.07, 6.45) is 0. The molecule has 115 valence electrons. The van der Waals surface area contributed by atoms with Crippen LogP contribution in [0.1, 0.15) is 11.4 Å². The Bertz CT molecular complexity index is 722. The molecular weight excluding hydrogens is 322 g/mol. The fourth-order valence-corrected chi connectivity index (χ4v) is 7.91. The monoisotopic (exact) mass is 339 g/mol. The third kappa shape index (κ3) is 3.74. The highest BCUT2D eigenvalue weighted by molar-refractivity contribution is 8.31. The van der Waals surface area contributed by atoms with Crippen LogP contribution in [-0.4, -0.2) is 5.11 Å². The van der Waals surface area contributed by atoms with Gasteiger partial charge in [-0.15, -0.1) is 0 Å². The van der Waals surface area contributed by atoms with Gasteiger partial charge in [-0.25, -0.2) is 0 Å². The molecule has 23 heavy (non-hydrogen) atoms. The molecule has 0 fully saturated rings. The van der Waals surface area contributed by atoms with E-state index in [0.29, 0.717) is 5.56 Å². The van der Waals surface area contributed by atoms with Gasteiger partial charge in [-0.05, 0) is 16.2 Å². The smallest absolute Gasteiger partial charge is 0.153 e. The fraction of sp³-hybridized carbons (Fsp3) is 0.0526. The van der Waals surface area contributed by atoms with Crippen LogP contribution in [0.15, 0.2) is 91.0 Å². The van der Waals surface area contributed by atoms with Crippen LogP contribution in [0.3, 0.4) is 0 Å². The number of benzene rings is 3. The van der Waals surface area contributed by atoms with Gasteiger partial charge in [0.05, 0.1) is 0 Å². The molecule has 0 aliphatic carbocycles. The van der Waals surface area contributed by atoms with Crippen LogP contribution in [0, 0.1) is 0 Å². The third-order valence-corrected chi connectivity index (χ3v) is 9.42. The van der Waals surface area contributed by atoms with Gasteiger partial charge in [0.1, 0.15) is 7.49 Å². The molecule has 0 saturated heterocycles. The molecule has 3 aromatic carbocycles. The maximum Gasteiger partial charge on any atom is 0.153 e. The Morgan fingerprint density at radius 1 is 0.652 bits per heavy atom. The number of hydrogen-bond donors (Lipinski definition) is 1. The van der Waals surface area contributed by atoms with E-state index < -0.39 is 20.9 Å². The van der Waals surface area contributed by atoms with Gasteiger partial charge in [-0.3, -0.25) is 4.57 Å². The van der Waals surface area contributed by atoms with E-state index in [0.717, 1.165) is 10.6 Å². The largest absolute Gasteiger partial charge is 0.377 e. The van der Waals surface area contributed by atoms with E-state index in [4.69, 9.17) is 0 Å². The Labute approximate surface area is 138 Å². The lowest BCUT2D eigenvalue weighted by Gasteiger charge is -2.21. The second kappa shape index (κ2) is 7.62. The maximum absolute atomic E-state index is 13.2. The standard InChI is InChI=1S/C19H17O2P2/c20-19(16-10-4-1-5-11-16)23(21)22(17-12-6-2-7-13-17)18-14-8-3-9-15-18/h1-15,19-20H. The first-order valence-electron chi connectivity index (χ1n) is 7.37. The third-order valence-electron chi connectivity index (χ3n) is 3.51. The lowest BCUT2D eigenvalue weighted by Crippen LogP contribution is -2.10. The van der Waals surface area contributed by atoms with E-state index >= 15 is 0 Å². The molecule has 0 spiro atoms. The molecule has 0 bridgehead atoms. The SMILES string of the molecule is O=[P](C(O)c1ccccc1)P(c1ccccc1)c1ccccc1. The van der Waals surface area contributed by atoms with Gasteiger partial charge in [0.2, 0.25) is 0 Å². The zero-order chi connectivity index (χ0) is 16.1. The van der Waals surface area contributed by atoms with Gasteiger partial charge in [-0.2, -0.15) is 0 Å². The molecule has 0 saturated carbocycles. The van der Waals surface area contributed by atoms with Crippen molar-refractivity contribution >= 4 is 25.7 Å². The first-order chi connectivity index (χ1) is 11.3. The van der Waals surface area contributed by atoms with Crippen molar-refractivity contribution in [2.24, 2.45) is 0 Å². The second-order valence-corrected chi connectivity index (χ2v) is 10.2. The van der Waals surface area contributed by atoms with Gasteiger partial charge in [-0.1, -0.05) is 91.0 Å². The first-order valence-corrected chi connectivity index (χ1v) is 10.7. The van der Waals surface area contributed by atoms with Gasteiger partial charge in [0.15, 0.2) is 5.85 Å². The van der Waals surface area contributed by atoms with Crippen molar-refractivity contribution in [3.05, 3.63) is 96.6 Å². The Balaban J connectivity index is 2.00. The average Bonchev–Trinajstić information content (AvgIpc) is 2.64. The van der Waals surface area contributed by atoms with Crippen molar-refractivity contribution in [3.8, 4) is 0 Å². The van der Waals surface area contributed by atoms with E-state index in [1.54, 1.807) is 0 Å². The Kier molecular flexibility index (Phi) is 5.31. The topological polar surface area (TPSA) is 37.3 Å². The van der Waals surface area contributed by atoms with Gasteiger partial charge >= 0.3 is 0 Å². The normalized spacial score (nSPS) is 12.9. The van der Waals surface area contributed by atoms with Crippen molar-refractivity contribution in [1.29, 1.82) is 0 Å². The molecule has 1 radical (unpaired) electrons. The number of aliphatic hydroxyl groups is 1. The van der Waals surface area contributed by atoms with Gasteiger partial charge in [0, 0.05) is 7.61 Å². The van der Waals surface area contributed by atoms with Crippen LogP contribution >= 0.6 is 15.1 Å². The fourth-order valence-electron chi connectivity index (χ4n) is 2.38. The molecule has 3 rings (SSSR count). The predicted octanol–water partition coefficient (Wildman–Crippen LogP) is 4.55. The molecule has 4 heteroatoms. The summed E-state index contributed by atoms with van der Waals surface area (Å²) in [6.45, 7) is 0. The number of hydrogen-bond acceptors (Lipinski definition) is 2. The quantitative estimate of drug-likeness (QED) is 0.692. The summed E-state index contributed by atoms with van der Waals surface area (Å²) in [5.41, 5.74) is 0.702. The van der Waals surface area contributed by atoms with Crippen LogP contribution in [0.2, 0.25) is 0 Å². The van der Waals surface area contributed by atoms with Gasteiger partial charge in [0.25, 0.3) is 0 Å². The Morgan fingerprint density at radius 3 is 1.48 bits per heavy atom. The molecule has 0 amide bonds. The minimum Gasteiger partial charge on any atom is -0.377 e. The summed E-state index contributed by atoms with van der Waals surface area (Å²) in [5, 5.41) is 12.7. The highest BCUT2D eigenvalue weighted by atomic mass is 32.1. The summed E-state index contributed by atoms with van der Waals surface area (Å²) in [7, 11) is -2.98. The Morgan fingerprint density at radius 2 is 1.04 bits per heavy atom. The molecule has 2 nitrogen and oxygen atoms in total. The van der Waals surface area contributed by atoms with Crippen LogP contribution in [0.5, 0.6) is 0 Å². The molecule has 1 N–H and O–H groups in total. The molecule has 0 aromatic heterocycles. The Hall–Kier alpha value is -1.85. The summed E-state index contributed by atoms with van der Waals surface area (Å²) in [4.78, 5) is 0. The van der Waals surface area contributed by atoms with Crippen molar-refractivity contribution < 1.29 is 9.67 Å². The molecule has 0 aliphatic heterocycles. The highest BCUT2D eigenvalue weighted by Crippen LogP contribution is 2.65. The molecule has 0 aliphatic rings. The zero-order valence-electron chi connectivity index (χ0n) is 12.5. The van der Waals surface area contributed by atoms with E-state index in [2.05, 4.69) is 0 Å². The minimum absolute atomic E-state index is 0.702. The lowest BCUT2D eigenvalue weighted by molar-refractivity contribution is 0.260.